The minimum Gasteiger partial charge on any atom is -0.493 e. The van der Waals surface area contributed by atoms with E-state index in [2.05, 4.69) is 6.92 Å². The molecule has 29 heavy (non-hydrogen) atoms. The molecule has 1 aliphatic heterocycles. The number of thiocarbonyl (C=S) groups is 1. The van der Waals surface area contributed by atoms with Crippen molar-refractivity contribution < 1.29 is 29.0 Å². The van der Waals surface area contributed by atoms with Crippen LogP contribution in [0.1, 0.15) is 31.7 Å². The number of carbonyl (C=O) groups excluding carboxylic acids is 2. The molecule has 2 rings (SSSR count). The monoisotopic (exact) mass is 438 g/mol. The smallest absolute Gasteiger partial charge is 0.327 e. The molecule has 0 bridgehead atoms. The summed E-state index contributed by atoms with van der Waals surface area (Å²) in [5.41, 5.74) is 5.77. The molecule has 3 N–H and O–H groups in total. The lowest BCUT2D eigenvalue weighted by molar-refractivity contribution is -0.146. The molecule has 2 amide bonds. The summed E-state index contributed by atoms with van der Waals surface area (Å²) in [7, 11) is 1.52. The van der Waals surface area contributed by atoms with Gasteiger partial charge in [-0.25, -0.2) is 4.79 Å². The van der Waals surface area contributed by atoms with E-state index in [0.29, 0.717) is 23.7 Å². The summed E-state index contributed by atoms with van der Waals surface area (Å²) in [6, 6.07) is 3.78. The van der Waals surface area contributed by atoms with Crippen LogP contribution in [0.15, 0.2) is 23.1 Å². The van der Waals surface area contributed by atoms with Gasteiger partial charge in [0.05, 0.1) is 25.0 Å². The molecule has 0 radical (unpaired) electrons. The molecule has 1 atom stereocenters. The zero-order valence-corrected chi connectivity index (χ0v) is 17.7. The Morgan fingerprint density at radius 3 is 2.69 bits per heavy atom. The Balaban J connectivity index is 2.26. The van der Waals surface area contributed by atoms with Gasteiger partial charge in [-0.05, 0) is 30.2 Å². The van der Waals surface area contributed by atoms with E-state index in [0.717, 1.165) is 29.5 Å². The molecule has 1 saturated heterocycles. The number of carboxylic acids is 1. The summed E-state index contributed by atoms with van der Waals surface area (Å²) in [6.07, 6.45) is 2.99. The lowest BCUT2D eigenvalue weighted by Gasteiger charge is -2.21. The second kappa shape index (κ2) is 10.3. The van der Waals surface area contributed by atoms with Crippen molar-refractivity contribution in [2.24, 2.45) is 5.73 Å². The maximum Gasteiger partial charge on any atom is 0.327 e. The zero-order chi connectivity index (χ0) is 21.6. The highest BCUT2D eigenvalue weighted by atomic mass is 32.2. The summed E-state index contributed by atoms with van der Waals surface area (Å²) in [5, 5.41) is 9.36. The van der Waals surface area contributed by atoms with Crippen LogP contribution in [-0.2, 0) is 14.4 Å². The second-order valence-corrected chi connectivity index (χ2v) is 7.86. The first kappa shape index (κ1) is 22.7. The van der Waals surface area contributed by atoms with Gasteiger partial charge in [0.25, 0.3) is 5.91 Å². The summed E-state index contributed by atoms with van der Waals surface area (Å²) < 4.78 is 11.1. The Morgan fingerprint density at radius 1 is 1.38 bits per heavy atom. The van der Waals surface area contributed by atoms with Crippen molar-refractivity contribution in [2.45, 2.75) is 32.2 Å². The number of primary amides is 1. The molecule has 0 spiro atoms. The van der Waals surface area contributed by atoms with Gasteiger partial charge in [-0.15, -0.1) is 0 Å². The van der Waals surface area contributed by atoms with Gasteiger partial charge >= 0.3 is 5.97 Å². The fourth-order valence-electron chi connectivity index (χ4n) is 2.60. The molecular formula is C19H22N2O6S2. The molecule has 10 heteroatoms. The van der Waals surface area contributed by atoms with Crippen LogP contribution in [-0.4, -0.2) is 51.9 Å². The predicted octanol–water partition coefficient (Wildman–Crippen LogP) is 2.40. The molecule has 0 saturated carbocycles. The Hall–Kier alpha value is -2.59. The van der Waals surface area contributed by atoms with E-state index in [1.165, 1.54) is 7.11 Å². The maximum absolute atomic E-state index is 12.7. The largest absolute Gasteiger partial charge is 0.493 e. The third-order valence-electron chi connectivity index (χ3n) is 4.06. The summed E-state index contributed by atoms with van der Waals surface area (Å²) in [5.74, 6) is -1.66. The number of carboxylic acid groups (broad SMARTS) is 1. The van der Waals surface area contributed by atoms with Crippen LogP contribution in [0.5, 0.6) is 11.5 Å². The van der Waals surface area contributed by atoms with Crippen LogP contribution in [0.2, 0.25) is 0 Å². The number of thioether (sulfide) groups is 1. The Morgan fingerprint density at radius 2 is 2.10 bits per heavy atom. The fourth-order valence-corrected chi connectivity index (χ4v) is 3.96. The number of nitrogens with zero attached hydrogens (tertiary/aromatic N) is 1. The van der Waals surface area contributed by atoms with Crippen molar-refractivity contribution >= 4 is 52.2 Å². The molecule has 1 unspecified atom stereocenters. The SMILES string of the molecule is CCCCOc1ccc(/C=C2\SC(=S)N(C(CC(N)=O)C(=O)O)C2=O)cc1OC. The summed E-state index contributed by atoms with van der Waals surface area (Å²) in [6.45, 7) is 2.64. The third-order valence-corrected chi connectivity index (χ3v) is 5.39. The molecule has 0 aliphatic carbocycles. The topological polar surface area (TPSA) is 119 Å². The second-order valence-electron chi connectivity index (χ2n) is 6.19. The highest BCUT2D eigenvalue weighted by Gasteiger charge is 2.41. The molecule has 8 nitrogen and oxygen atoms in total. The van der Waals surface area contributed by atoms with Gasteiger partial charge in [-0.3, -0.25) is 14.5 Å². The van der Waals surface area contributed by atoms with E-state index in [9.17, 15) is 19.5 Å². The minimum atomic E-state index is -1.44. The molecule has 1 heterocycles. The number of nitrogens with two attached hydrogens (primary N) is 1. The third kappa shape index (κ3) is 5.70. The van der Waals surface area contributed by atoms with E-state index in [4.69, 9.17) is 27.4 Å². The average Bonchev–Trinajstić information content (AvgIpc) is 2.93. The van der Waals surface area contributed by atoms with E-state index < -0.39 is 30.2 Å². The van der Waals surface area contributed by atoms with E-state index in [-0.39, 0.29) is 9.23 Å². The van der Waals surface area contributed by atoms with Crippen molar-refractivity contribution in [3.05, 3.63) is 28.7 Å². The average molecular weight is 439 g/mol. The number of carbonyl (C=O) groups is 3. The first-order valence-electron chi connectivity index (χ1n) is 8.87. The van der Waals surface area contributed by atoms with Gasteiger partial charge < -0.3 is 20.3 Å². The van der Waals surface area contributed by atoms with Gasteiger partial charge in [-0.2, -0.15) is 0 Å². The predicted molar refractivity (Wildman–Crippen MR) is 114 cm³/mol. The lowest BCUT2D eigenvalue weighted by atomic mass is 10.1. The van der Waals surface area contributed by atoms with Crippen molar-refractivity contribution in [1.82, 2.24) is 4.90 Å². The maximum atomic E-state index is 12.7. The molecule has 1 fully saturated rings. The number of ether oxygens (including phenoxy) is 2. The quantitative estimate of drug-likeness (QED) is 0.325. The Labute approximate surface area is 178 Å². The van der Waals surface area contributed by atoms with Gasteiger partial charge in [0.1, 0.15) is 10.4 Å². The molecular weight excluding hydrogens is 416 g/mol. The van der Waals surface area contributed by atoms with Crippen molar-refractivity contribution in [1.29, 1.82) is 0 Å². The number of methoxy groups -OCH3 is 1. The highest BCUT2D eigenvalue weighted by molar-refractivity contribution is 8.26. The number of aliphatic carboxylic acids is 1. The lowest BCUT2D eigenvalue weighted by Crippen LogP contribution is -2.46. The normalized spacial score (nSPS) is 16.2. The van der Waals surface area contributed by atoms with Gasteiger partial charge in [-0.1, -0.05) is 43.4 Å². The summed E-state index contributed by atoms with van der Waals surface area (Å²) in [4.78, 5) is 36.6. The Kier molecular flexibility index (Phi) is 8.03. The van der Waals surface area contributed by atoms with E-state index in [1.807, 2.05) is 0 Å². The van der Waals surface area contributed by atoms with Gasteiger partial charge in [0, 0.05) is 0 Å². The minimum absolute atomic E-state index is 0.0568. The van der Waals surface area contributed by atoms with E-state index >= 15 is 0 Å². The number of hydrogen-bond donors (Lipinski definition) is 2. The van der Waals surface area contributed by atoms with Crippen LogP contribution < -0.4 is 15.2 Å². The van der Waals surface area contributed by atoms with Crippen LogP contribution in [0, 0.1) is 0 Å². The first-order chi connectivity index (χ1) is 13.8. The molecule has 1 aliphatic rings. The summed E-state index contributed by atoms with van der Waals surface area (Å²) >= 11 is 6.12. The van der Waals surface area contributed by atoms with Crippen LogP contribution in [0.25, 0.3) is 6.08 Å². The van der Waals surface area contributed by atoms with Crippen LogP contribution >= 0.6 is 24.0 Å². The fraction of sp³-hybridized carbons (Fsp3) is 0.368. The van der Waals surface area contributed by atoms with Crippen molar-refractivity contribution in [3.8, 4) is 11.5 Å². The number of unbranched alkanes of at least 4 members (excludes halogenated alkanes) is 1. The van der Waals surface area contributed by atoms with Crippen molar-refractivity contribution in [2.75, 3.05) is 13.7 Å². The van der Waals surface area contributed by atoms with Crippen LogP contribution in [0.4, 0.5) is 0 Å². The number of rotatable bonds is 10. The zero-order valence-electron chi connectivity index (χ0n) is 16.0. The number of benzene rings is 1. The first-order valence-corrected chi connectivity index (χ1v) is 10.1. The van der Waals surface area contributed by atoms with Gasteiger partial charge in [0.15, 0.2) is 11.5 Å². The number of amides is 2. The van der Waals surface area contributed by atoms with E-state index in [1.54, 1.807) is 24.3 Å². The highest BCUT2D eigenvalue weighted by Crippen LogP contribution is 2.36. The molecule has 1 aromatic carbocycles. The van der Waals surface area contributed by atoms with Crippen molar-refractivity contribution in [3.63, 3.8) is 0 Å². The molecule has 1 aromatic rings. The number of hydrogen-bond acceptors (Lipinski definition) is 7. The van der Waals surface area contributed by atoms with Crippen LogP contribution in [0.3, 0.4) is 0 Å². The molecule has 156 valence electrons. The van der Waals surface area contributed by atoms with Gasteiger partial charge in [0.2, 0.25) is 5.91 Å². The Bertz CT molecular complexity index is 855. The molecule has 0 aromatic heterocycles. The standard InChI is InChI=1S/C19H22N2O6S2/c1-3-4-7-27-13-6-5-11(8-14(13)26-2)9-15-17(23)21(19(28)29-15)12(18(24)25)10-16(20)22/h5-6,8-9,12H,3-4,7,10H2,1-2H3,(H2,20,22)(H,24,25)/b15-9-.